The molecule has 3 aromatic carbocycles. The van der Waals surface area contributed by atoms with E-state index in [4.69, 9.17) is 17.0 Å². The largest absolute Gasteiger partial charge is 0.493 e. The number of thiocarbonyl (C=S) groups is 1. The van der Waals surface area contributed by atoms with Crippen LogP contribution in [0, 0.1) is 0 Å². The predicted octanol–water partition coefficient (Wildman–Crippen LogP) is 6.05. The summed E-state index contributed by atoms with van der Waals surface area (Å²) in [4.78, 5) is 17.7. The summed E-state index contributed by atoms with van der Waals surface area (Å²) in [5.74, 6) is 0.326. The van der Waals surface area contributed by atoms with Crippen molar-refractivity contribution in [2.24, 2.45) is 0 Å². The van der Waals surface area contributed by atoms with Crippen LogP contribution in [0.4, 0.5) is 0 Å². The fraction of sp³-hybridized carbons (Fsp3) is 0.310. The Morgan fingerprint density at radius 2 is 1.58 bits per heavy atom. The molecule has 0 bridgehead atoms. The van der Waals surface area contributed by atoms with Crippen LogP contribution in [0.3, 0.4) is 0 Å². The average molecular weight is 567 g/mol. The van der Waals surface area contributed by atoms with Gasteiger partial charge in [-0.2, -0.15) is 0 Å². The molecule has 7 heteroatoms. The number of nitrogens with one attached hydrogen (secondary N) is 1. The fourth-order valence-electron chi connectivity index (χ4n) is 4.44. The maximum Gasteiger partial charge on any atom is 0.261 e. The van der Waals surface area contributed by atoms with Crippen LogP contribution in [-0.2, 0) is 0 Å². The summed E-state index contributed by atoms with van der Waals surface area (Å²) < 4.78 is 6.68. The minimum Gasteiger partial charge on any atom is -0.493 e. The zero-order valence-corrected chi connectivity index (χ0v) is 22.9. The number of halogens is 1. The summed E-state index contributed by atoms with van der Waals surface area (Å²) in [6.45, 7) is 5.86. The van der Waals surface area contributed by atoms with E-state index in [0.29, 0.717) is 23.0 Å². The first-order chi connectivity index (χ1) is 17.6. The highest BCUT2D eigenvalue weighted by Gasteiger charge is 2.28. The number of piperazine rings is 1. The molecule has 1 heterocycles. The van der Waals surface area contributed by atoms with Gasteiger partial charge in [0, 0.05) is 30.7 Å². The first-order valence-electron chi connectivity index (χ1n) is 12.4. The Morgan fingerprint density at radius 3 is 2.17 bits per heavy atom. The summed E-state index contributed by atoms with van der Waals surface area (Å²) in [6.07, 6.45) is 1.97. The van der Waals surface area contributed by atoms with Crippen LogP contribution >= 0.6 is 28.1 Å². The molecule has 0 atom stereocenters. The lowest BCUT2D eigenvalue weighted by atomic mass is 9.96. The van der Waals surface area contributed by atoms with Gasteiger partial charge in [-0.1, -0.05) is 89.9 Å². The second-order valence-electron chi connectivity index (χ2n) is 8.85. The monoisotopic (exact) mass is 565 g/mol. The Labute approximate surface area is 227 Å². The van der Waals surface area contributed by atoms with Crippen molar-refractivity contribution in [2.75, 3.05) is 32.8 Å². The van der Waals surface area contributed by atoms with E-state index in [1.54, 1.807) is 6.07 Å². The van der Waals surface area contributed by atoms with Crippen molar-refractivity contribution in [2.45, 2.75) is 25.8 Å². The molecule has 1 aliphatic heterocycles. The van der Waals surface area contributed by atoms with Gasteiger partial charge in [-0.3, -0.25) is 15.0 Å². The molecule has 1 saturated heterocycles. The number of hydrogen-bond donors (Lipinski definition) is 1. The van der Waals surface area contributed by atoms with Crippen LogP contribution in [0.5, 0.6) is 5.75 Å². The molecule has 0 spiro atoms. The normalized spacial score (nSPS) is 14.0. The van der Waals surface area contributed by atoms with Gasteiger partial charge < -0.3 is 9.64 Å². The van der Waals surface area contributed by atoms with Crippen LogP contribution in [0.15, 0.2) is 83.3 Å². The number of hydrogen-bond acceptors (Lipinski definition) is 4. The first-order valence-corrected chi connectivity index (χ1v) is 13.6. The molecule has 0 aromatic heterocycles. The van der Waals surface area contributed by atoms with Crippen molar-refractivity contribution in [3.05, 3.63) is 100 Å². The Bertz CT molecular complexity index is 1110. The van der Waals surface area contributed by atoms with Crippen LogP contribution in [0.25, 0.3) is 0 Å². The lowest BCUT2D eigenvalue weighted by Crippen LogP contribution is -2.53. The van der Waals surface area contributed by atoms with E-state index in [1.807, 2.05) is 12.1 Å². The van der Waals surface area contributed by atoms with Crippen molar-refractivity contribution >= 4 is 39.2 Å². The van der Waals surface area contributed by atoms with Gasteiger partial charge in [0.2, 0.25) is 0 Å². The fourth-order valence-corrected chi connectivity index (χ4v) is 5.08. The number of carbonyl (C=O) groups excluding carboxylic acids is 1. The summed E-state index contributed by atoms with van der Waals surface area (Å²) in [5, 5.41) is 3.38. The highest BCUT2D eigenvalue weighted by Crippen LogP contribution is 2.29. The van der Waals surface area contributed by atoms with E-state index < -0.39 is 0 Å². The molecule has 0 aliphatic carbocycles. The molecule has 0 unspecified atom stereocenters. The highest BCUT2D eigenvalue weighted by molar-refractivity contribution is 9.10. The Hall–Kier alpha value is -2.74. The summed E-state index contributed by atoms with van der Waals surface area (Å²) in [7, 11) is 0. The van der Waals surface area contributed by atoms with Gasteiger partial charge in [0.1, 0.15) is 5.75 Å². The van der Waals surface area contributed by atoms with Gasteiger partial charge in [0.25, 0.3) is 5.91 Å². The SMILES string of the molecule is CCCCOc1ccc(Br)cc1C(=O)NC(=S)N1CCN(C(c2ccccc2)c2ccccc2)CC1. The van der Waals surface area contributed by atoms with Crippen LogP contribution in [0.1, 0.15) is 47.3 Å². The molecule has 4 rings (SSSR count). The van der Waals surface area contributed by atoms with Gasteiger partial charge in [-0.15, -0.1) is 0 Å². The number of amides is 1. The molecule has 1 amide bonds. The van der Waals surface area contributed by atoms with E-state index >= 15 is 0 Å². The molecule has 1 fully saturated rings. The molecule has 36 heavy (non-hydrogen) atoms. The molecule has 0 saturated carbocycles. The lowest BCUT2D eigenvalue weighted by Gasteiger charge is -2.40. The zero-order chi connectivity index (χ0) is 25.3. The number of benzene rings is 3. The van der Waals surface area contributed by atoms with E-state index in [0.717, 1.165) is 43.5 Å². The third kappa shape index (κ3) is 6.72. The van der Waals surface area contributed by atoms with Crippen molar-refractivity contribution in [1.82, 2.24) is 15.1 Å². The molecule has 5 nitrogen and oxygen atoms in total. The van der Waals surface area contributed by atoms with Crippen molar-refractivity contribution in [3.8, 4) is 5.75 Å². The second kappa shape index (κ2) is 13.0. The number of ether oxygens (including phenoxy) is 1. The van der Waals surface area contributed by atoms with E-state index in [1.165, 1.54) is 11.1 Å². The van der Waals surface area contributed by atoms with Crippen molar-refractivity contribution < 1.29 is 9.53 Å². The third-order valence-corrected chi connectivity index (χ3v) is 7.21. The number of carbonyl (C=O) groups is 1. The number of rotatable bonds is 8. The maximum absolute atomic E-state index is 13.1. The summed E-state index contributed by atoms with van der Waals surface area (Å²) >= 11 is 9.11. The van der Waals surface area contributed by atoms with E-state index in [-0.39, 0.29) is 11.9 Å². The highest BCUT2D eigenvalue weighted by atomic mass is 79.9. The molecule has 1 N–H and O–H groups in total. The lowest BCUT2D eigenvalue weighted by molar-refractivity contribution is 0.0963. The zero-order valence-electron chi connectivity index (χ0n) is 20.5. The molecule has 1 aliphatic rings. The standard InChI is InChI=1S/C29H32BrN3O2S/c1-2-3-20-35-26-15-14-24(30)21-25(26)28(34)31-29(36)33-18-16-32(17-19-33)27(22-10-6-4-7-11-22)23-12-8-5-9-13-23/h4-15,21,27H,2-3,16-20H2,1H3,(H,31,34,36). The Morgan fingerprint density at radius 1 is 0.972 bits per heavy atom. The predicted molar refractivity (Wildman–Crippen MR) is 152 cm³/mol. The quantitative estimate of drug-likeness (QED) is 0.266. The molecule has 0 radical (unpaired) electrons. The van der Waals surface area contributed by atoms with Crippen LogP contribution in [-0.4, -0.2) is 53.6 Å². The molecule has 188 valence electrons. The molecular weight excluding hydrogens is 534 g/mol. The topological polar surface area (TPSA) is 44.8 Å². The van der Waals surface area contributed by atoms with Crippen LogP contribution < -0.4 is 10.1 Å². The first kappa shape index (κ1) is 26.3. The van der Waals surface area contributed by atoms with Crippen LogP contribution in [0.2, 0.25) is 0 Å². The summed E-state index contributed by atoms with van der Waals surface area (Å²) in [6, 6.07) is 26.9. The molecular formula is C29H32BrN3O2S. The van der Waals surface area contributed by atoms with Gasteiger partial charge in [-0.05, 0) is 48.0 Å². The third-order valence-electron chi connectivity index (χ3n) is 6.36. The minimum absolute atomic E-state index is 0.183. The average Bonchev–Trinajstić information content (AvgIpc) is 2.91. The van der Waals surface area contributed by atoms with Crippen molar-refractivity contribution in [3.63, 3.8) is 0 Å². The van der Waals surface area contributed by atoms with Gasteiger partial charge in [0.15, 0.2) is 5.11 Å². The minimum atomic E-state index is -0.248. The van der Waals surface area contributed by atoms with Gasteiger partial charge in [-0.25, -0.2) is 0 Å². The van der Waals surface area contributed by atoms with Gasteiger partial charge in [0.05, 0.1) is 18.2 Å². The Kier molecular flexibility index (Phi) is 9.50. The Balaban J connectivity index is 1.40. The smallest absolute Gasteiger partial charge is 0.261 e. The summed E-state index contributed by atoms with van der Waals surface area (Å²) in [5.41, 5.74) is 3.03. The number of unbranched alkanes of at least 4 members (excludes halogenated alkanes) is 1. The number of nitrogens with zero attached hydrogens (tertiary/aromatic N) is 2. The maximum atomic E-state index is 13.1. The van der Waals surface area contributed by atoms with Gasteiger partial charge >= 0.3 is 0 Å². The van der Waals surface area contributed by atoms with E-state index in [9.17, 15) is 4.79 Å². The van der Waals surface area contributed by atoms with E-state index in [2.05, 4.69) is 98.6 Å². The second-order valence-corrected chi connectivity index (χ2v) is 10.2. The van der Waals surface area contributed by atoms with Crippen molar-refractivity contribution in [1.29, 1.82) is 0 Å². The molecule has 3 aromatic rings.